The number of carboxylic acid groups (broad SMARTS) is 1. The molecule has 1 aromatic rings. The van der Waals surface area contributed by atoms with Gasteiger partial charge in [0.2, 0.25) is 0 Å². The summed E-state index contributed by atoms with van der Waals surface area (Å²) in [5, 5.41) is 9.54. The standard InChI is InChI=1S/C15H19ClN2O3/c1-17(12-6-2-3-7-12)15(21)18(10-14(19)20)13-8-4-5-11(16)9-13/h4-5,8-9,12H,2-3,6-7,10H2,1H3,(H,19,20). The molecule has 1 N–H and O–H groups in total. The Labute approximate surface area is 129 Å². The third-order valence-corrected chi connectivity index (χ3v) is 4.05. The van der Waals surface area contributed by atoms with Crippen LogP contribution in [0.2, 0.25) is 5.02 Å². The van der Waals surface area contributed by atoms with E-state index in [1.165, 1.54) is 4.90 Å². The van der Waals surface area contributed by atoms with Crippen LogP contribution in [0.4, 0.5) is 10.5 Å². The maximum atomic E-state index is 12.6. The fourth-order valence-corrected chi connectivity index (χ4v) is 2.87. The highest BCUT2D eigenvalue weighted by Gasteiger charge is 2.28. The summed E-state index contributed by atoms with van der Waals surface area (Å²) >= 11 is 5.94. The number of hydrogen-bond donors (Lipinski definition) is 1. The highest BCUT2D eigenvalue weighted by molar-refractivity contribution is 6.30. The zero-order valence-electron chi connectivity index (χ0n) is 12.0. The minimum absolute atomic E-state index is 0.188. The molecule has 0 aliphatic heterocycles. The first-order valence-corrected chi connectivity index (χ1v) is 7.38. The second-order valence-electron chi connectivity index (χ2n) is 5.29. The summed E-state index contributed by atoms with van der Waals surface area (Å²) in [7, 11) is 1.73. The van der Waals surface area contributed by atoms with Gasteiger partial charge in [-0.1, -0.05) is 30.5 Å². The Morgan fingerprint density at radius 2 is 2.00 bits per heavy atom. The van der Waals surface area contributed by atoms with Gasteiger partial charge in [-0.15, -0.1) is 0 Å². The predicted octanol–water partition coefficient (Wildman–Crippen LogP) is 3.23. The molecule has 0 radical (unpaired) electrons. The Morgan fingerprint density at radius 1 is 1.33 bits per heavy atom. The van der Waals surface area contributed by atoms with Crippen molar-refractivity contribution >= 4 is 29.3 Å². The average Bonchev–Trinajstić information content (AvgIpc) is 2.97. The van der Waals surface area contributed by atoms with E-state index in [0.717, 1.165) is 25.7 Å². The molecule has 0 aromatic heterocycles. The number of carbonyl (C=O) groups is 2. The van der Waals surface area contributed by atoms with Crippen molar-refractivity contribution in [2.24, 2.45) is 0 Å². The summed E-state index contributed by atoms with van der Waals surface area (Å²) in [6.07, 6.45) is 4.16. The number of aliphatic carboxylic acids is 1. The largest absolute Gasteiger partial charge is 0.480 e. The lowest BCUT2D eigenvalue weighted by Crippen LogP contribution is -2.47. The highest BCUT2D eigenvalue weighted by atomic mass is 35.5. The fourth-order valence-electron chi connectivity index (χ4n) is 2.69. The Morgan fingerprint density at radius 3 is 2.57 bits per heavy atom. The van der Waals surface area contributed by atoms with Crippen LogP contribution in [0.1, 0.15) is 25.7 Å². The Balaban J connectivity index is 2.22. The number of carboxylic acids is 1. The quantitative estimate of drug-likeness (QED) is 0.928. The SMILES string of the molecule is CN(C(=O)N(CC(=O)O)c1cccc(Cl)c1)C1CCCC1. The third-order valence-electron chi connectivity index (χ3n) is 3.82. The van der Waals surface area contributed by atoms with Crippen LogP contribution in [0.3, 0.4) is 0 Å². The molecule has 1 saturated carbocycles. The van der Waals surface area contributed by atoms with Crippen LogP contribution in [-0.2, 0) is 4.79 Å². The molecular weight excluding hydrogens is 292 g/mol. The third kappa shape index (κ3) is 3.88. The lowest BCUT2D eigenvalue weighted by molar-refractivity contribution is -0.135. The van der Waals surface area contributed by atoms with Gasteiger partial charge < -0.3 is 10.0 Å². The number of amides is 2. The first-order chi connectivity index (χ1) is 9.99. The maximum Gasteiger partial charge on any atom is 0.325 e. The Hall–Kier alpha value is -1.75. The van der Waals surface area contributed by atoms with Crippen LogP contribution in [0.15, 0.2) is 24.3 Å². The topological polar surface area (TPSA) is 60.9 Å². The summed E-state index contributed by atoms with van der Waals surface area (Å²) in [5.74, 6) is -1.05. The van der Waals surface area contributed by atoms with E-state index in [2.05, 4.69) is 0 Å². The lowest BCUT2D eigenvalue weighted by atomic mass is 10.2. The van der Waals surface area contributed by atoms with E-state index < -0.39 is 5.97 Å². The summed E-state index contributed by atoms with van der Waals surface area (Å²) in [4.78, 5) is 26.6. The molecule has 5 nitrogen and oxygen atoms in total. The first kappa shape index (κ1) is 15.6. The van der Waals surface area contributed by atoms with Crippen molar-refractivity contribution < 1.29 is 14.7 Å². The molecule has 2 rings (SSSR count). The van der Waals surface area contributed by atoms with E-state index in [0.29, 0.717) is 10.7 Å². The maximum absolute atomic E-state index is 12.6. The number of halogens is 1. The number of anilines is 1. The van der Waals surface area contributed by atoms with E-state index >= 15 is 0 Å². The number of nitrogens with zero attached hydrogens (tertiary/aromatic N) is 2. The first-order valence-electron chi connectivity index (χ1n) is 7.00. The lowest BCUT2D eigenvalue weighted by Gasteiger charge is -2.31. The van der Waals surface area contributed by atoms with Crippen molar-refractivity contribution in [3.05, 3.63) is 29.3 Å². The van der Waals surface area contributed by atoms with E-state index in [1.54, 1.807) is 36.2 Å². The van der Waals surface area contributed by atoms with Gasteiger partial charge in [-0.05, 0) is 31.0 Å². The number of rotatable bonds is 4. The number of urea groups is 1. The number of benzene rings is 1. The molecule has 0 bridgehead atoms. The van der Waals surface area contributed by atoms with E-state index in [-0.39, 0.29) is 18.6 Å². The molecule has 1 aliphatic rings. The molecule has 0 spiro atoms. The molecule has 0 heterocycles. The van der Waals surface area contributed by atoms with Crippen LogP contribution < -0.4 is 4.90 Å². The van der Waals surface area contributed by atoms with Crippen LogP contribution >= 0.6 is 11.6 Å². The highest BCUT2D eigenvalue weighted by Crippen LogP contribution is 2.25. The molecule has 6 heteroatoms. The van der Waals surface area contributed by atoms with Gasteiger partial charge in [0.05, 0.1) is 0 Å². The fraction of sp³-hybridized carbons (Fsp3) is 0.467. The number of carbonyl (C=O) groups excluding carboxylic acids is 1. The molecule has 21 heavy (non-hydrogen) atoms. The average molecular weight is 311 g/mol. The molecular formula is C15H19ClN2O3. The molecule has 114 valence electrons. The van der Waals surface area contributed by atoms with Gasteiger partial charge in [0, 0.05) is 23.8 Å². The number of hydrogen-bond acceptors (Lipinski definition) is 2. The summed E-state index contributed by atoms with van der Waals surface area (Å²) < 4.78 is 0. The van der Waals surface area contributed by atoms with Gasteiger partial charge in [0.15, 0.2) is 0 Å². The van der Waals surface area contributed by atoms with Gasteiger partial charge in [0.25, 0.3) is 0 Å². The predicted molar refractivity (Wildman–Crippen MR) is 81.8 cm³/mol. The van der Waals surface area contributed by atoms with Crippen LogP contribution in [-0.4, -0.2) is 41.6 Å². The normalized spacial score (nSPS) is 15.0. The van der Waals surface area contributed by atoms with Crippen molar-refractivity contribution in [2.45, 2.75) is 31.7 Å². The van der Waals surface area contributed by atoms with Crippen molar-refractivity contribution in [1.82, 2.24) is 4.90 Å². The zero-order valence-corrected chi connectivity index (χ0v) is 12.7. The minimum Gasteiger partial charge on any atom is -0.480 e. The molecule has 2 amide bonds. The molecule has 0 unspecified atom stereocenters. The molecule has 1 aromatic carbocycles. The Kier molecular flexibility index (Phi) is 5.07. The Bertz CT molecular complexity index is 529. The van der Waals surface area contributed by atoms with Gasteiger partial charge in [-0.25, -0.2) is 4.79 Å². The minimum atomic E-state index is -1.05. The summed E-state index contributed by atoms with van der Waals surface area (Å²) in [6, 6.07) is 6.57. The van der Waals surface area contributed by atoms with Gasteiger partial charge in [-0.2, -0.15) is 0 Å². The van der Waals surface area contributed by atoms with E-state index in [4.69, 9.17) is 16.7 Å². The smallest absolute Gasteiger partial charge is 0.325 e. The monoisotopic (exact) mass is 310 g/mol. The second-order valence-corrected chi connectivity index (χ2v) is 5.73. The van der Waals surface area contributed by atoms with Crippen LogP contribution in [0, 0.1) is 0 Å². The molecule has 1 aliphatic carbocycles. The van der Waals surface area contributed by atoms with Crippen molar-refractivity contribution in [1.29, 1.82) is 0 Å². The second kappa shape index (κ2) is 6.80. The summed E-state index contributed by atoms with van der Waals surface area (Å²) in [6.45, 7) is -0.379. The van der Waals surface area contributed by atoms with Crippen molar-refractivity contribution in [3.8, 4) is 0 Å². The zero-order chi connectivity index (χ0) is 15.4. The van der Waals surface area contributed by atoms with Gasteiger partial charge in [0.1, 0.15) is 6.54 Å². The van der Waals surface area contributed by atoms with Crippen LogP contribution in [0.5, 0.6) is 0 Å². The van der Waals surface area contributed by atoms with Gasteiger partial charge in [-0.3, -0.25) is 9.69 Å². The van der Waals surface area contributed by atoms with Gasteiger partial charge >= 0.3 is 12.0 Å². The molecule has 0 saturated heterocycles. The molecule has 1 fully saturated rings. The van der Waals surface area contributed by atoms with E-state index in [1.807, 2.05) is 0 Å². The van der Waals surface area contributed by atoms with Crippen molar-refractivity contribution in [3.63, 3.8) is 0 Å². The van der Waals surface area contributed by atoms with E-state index in [9.17, 15) is 9.59 Å². The molecule has 0 atom stereocenters. The van der Waals surface area contributed by atoms with Crippen molar-refractivity contribution in [2.75, 3.05) is 18.5 Å². The summed E-state index contributed by atoms with van der Waals surface area (Å²) in [5.41, 5.74) is 0.500. The van der Waals surface area contributed by atoms with Crippen LogP contribution in [0.25, 0.3) is 0 Å².